The first-order chi connectivity index (χ1) is 7.00. The van der Waals surface area contributed by atoms with Crippen LogP contribution in [0.4, 0.5) is 0 Å². The Morgan fingerprint density at radius 2 is 1.93 bits per heavy atom. The number of nitrogens with one attached hydrogen (secondary N) is 1. The van der Waals surface area contributed by atoms with Crippen LogP contribution in [0.2, 0.25) is 0 Å². The highest BCUT2D eigenvalue weighted by atomic mass is 16.1. The van der Waals surface area contributed by atoms with Crippen molar-refractivity contribution in [1.82, 2.24) is 0 Å². The molecule has 0 aliphatic carbocycles. The van der Waals surface area contributed by atoms with Crippen molar-refractivity contribution in [1.29, 1.82) is 0 Å². The van der Waals surface area contributed by atoms with E-state index < -0.39 is 0 Å². The first-order valence-corrected chi connectivity index (χ1v) is 5.18. The molecule has 3 nitrogen and oxygen atoms in total. The van der Waals surface area contributed by atoms with Crippen molar-refractivity contribution in [3.05, 3.63) is 35.4 Å². The predicted molar refractivity (Wildman–Crippen MR) is 60.4 cm³/mol. The molecule has 0 fully saturated rings. The molecule has 15 heavy (non-hydrogen) atoms. The average molecular weight is 207 g/mol. The van der Waals surface area contributed by atoms with Crippen molar-refractivity contribution >= 4 is 5.91 Å². The van der Waals surface area contributed by atoms with Crippen LogP contribution in [0, 0.1) is 6.92 Å². The fourth-order valence-electron chi connectivity index (χ4n) is 1.42. The molecule has 1 aromatic carbocycles. The standard InChI is InChI=1S/C12H18N2O/c1-9-4-6-11(7-5-9)8-14(3)10(2)12(13)15/h4-7,10H,8H2,1-3H3,(H2,13,15)/p+1/t10-/m1/s1. The van der Waals surface area contributed by atoms with E-state index in [1.807, 2.05) is 14.0 Å². The van der Waals surface area contributed by atoms with Crippen molar-refractivity contribution in [2.75, 3.05) is 7.05 Å². The Morgan fingerprint density at radius 1 is 1.40 bits per heavy atom. The van der Waals surface area contributed by atoms with E-state index >= 15 is 0 Å². The summed E-state index contributed by atoms with van der Waals surface area (Å²) in [4.78, 5) is 12.1. The lowest BCUT2D eigenvalue weighted by Crippen LogP contribution is -3.12. The summed E-state index contributed by atoms with van der Waals surface area (Å²) >= 11 is 0. The summed E-state index contributed by atoms with van der Waals surface area (Å²) < 4.78 is 0. The molecule has 1 unspecified atom stereocenters. The molecular formula is C12H19N2O+. The van der Waals surface area contributed by atoms with Crippen LogP contribution in [-0.2, 0) is 11.3 Å². The van der Waals surface area contributed by atoms with Gasteiger partial charge in [0, 0.05) is 5.56 Å². The SMILES string of the molecule is Cc1ccc(C[NH+](C)[C@H](C)C(N)=O)cc1. The maximum atomic E-state index is 11.0. The topological polar surface area (TPSA) is 47.5 Å². The second kappa shape index (κ2) is 4.94. The molecule has 0 aliphatic rings. The molecule has 0 aliphatic heterocycles. The number of hydrogen-bond acceptors (Lipinski definition) is 1. The average Bonchev–Trinajstić information content (AvgIpc) is 2.20. The van der Waals surface area contributed by atoms with E-state index in [1.165, 1.54) is 11.1 Å². The van der Waals surface area contributed by atoms with Crippen LogP contribution >= 0.6 is 0 Å². The smallest absolute Gasteiger partial charge is 0.275 e. The monoisotopic (exact) mass is 207 g/mol. The third kappa shape index (κ3) is 3.36. The van der Waals surface area contributed by atoms with E-state index in [-0.39, 0.29) is 11.9 Å². The summed E-state index contributed by atoms with van der Waals surface area (Å²) in [5, 5.41) is 0. The molecule has 1 rings (SSSR count). The lowest BCUT2D eigenvalue weighted by molar-refractivity contribution is -0.908. The van der Waals surface area contributed by atoms with Gasteiger partial charge >= 0.3 is 0 Å². The van der Waals surface area contributed by atoms with Crippen LogP contribution < -0.4 is 10.6 Å². The van der Waals surface area contributed by atoms with E-state index in [1.54, 1.807) is 0 Å². The third-order valence-electron chi connectivity index (χ3n) is 2.77. The normalized spacial score (nSPS) is 14.6. The highest BCUT2D eigenvalue weighted by Gasteiger charge is 2.18. The Labute approximate surface area is 90.9 Å². The van der Waals surface area contributed by atoms with Gasteiger partial charge in [0.2, 0.25) is 0 Å². The van der Waals surface area contributed by atoms with Gasteiger partial charge in [0.1, 0.15) is 6.54 Å². The van der Waals surface area contributed by atoms with Gasteiger partial charge in [0.15, 0.2) is 6.04 Å². The molecule has 0 heterocycles. The number of rotatable bonds is 4. The van der Waals surface area contributed by atoms with Gasteiger partial charge in [-0.2, -0.15) is 0 Å². The fourth-order valence-corrected chi connectivity index (χ4v) is 1.42. The number of aryl methyl sites for hydroxylation is 1. The molecule has 0 radical (unpaired) electrons. The number of amides is 1. The summed E-state index contributed by atoms with van der Waals surface area (Å²) in [6.45, 7) is 4.74. The summed E-state index contributed by atoms with van der Waals surface area (Å²) in [5.74, 6) is -0.250. The maximum absolute atomic E-state index is 11.0. The lowest BCUT2D eigenvalue weighted by Gasteiger charge is -2.18. The van der Waals surface area contributed by atoms with E-state index in [2.05, 4.69) is 31.2 Å². The first kappa shape index (κ1) is 11.7. The zero-order valence-electron chi connectivity index (χ0n) is 9.58. The minimum Gasteiger partial charge on any atom is -0.365 e. The molecule has 0 spiro atoms. The number of benzene rings is 1. The molecule has 82 valence electrons. The van der Waals surface area contributed by atoms with Gasteiger partial charge < -0.3 is 10.6 Å². The number of primary amides is 1. The molecular weight excluding hydrogens is 188 g/mol. The minimum absolute atomic E-state index is 0.147. The molecule has 3 heteroatoms. The number of quaternary nitrogens is 1. The third-order valence-corrected chi connectivity index (χ3v) is 2.77. The van der Waals surface area contributed by atoms with Crippen LogP contribution in [0.5, 0.6) is 0 Å². The summed E-state index contributed by atoms with van der Waals surface area (Å²) in [7, 11) is 1.98. The fraction of sp³-hybridized carbons (Fsp3) is 0.417. The second-order valence-corrected chi connectivity index (χ2v) is 4.13. The zero-order valence-corrected chi connectivity index (χ0v) is 9.58. The summed E-state index contributed by atoms with van der Waals surface area (Å²) in [6, 6.07) is 8.19. The van der Waals surface area contributed by atoms with Crippen LogP contribution in [0.3, 0.4) is 0 Å². The van der Waals surface area contributed by atoms with Crippen LogP contribution in [0.15, 0.2) is 24.3 Å². The van der Waals surface area contributed by atoms with Gasteiger partial charge in [-0.1, -0.05) is 29.8 Å². The van der Waals surface area contributed by atoms with Gasteiger partial charge in [-0.3, -0.25) is 4.79 Å². The second-order valence-electron chi connectivity index (χ2n) is 4.13. The minimum atomic E-state index is -0.250. The van der Waals surface area contributed by atoms with Gasteiger partial charge in [-0.15, -0.1) is 0 Å². The molecule has 3 N–H and O–H groups in total. The van der Waals surface area contributed by atoms with Crippen LogP contribution in [0.1, 0.15) is 18.1 Å². The number of likely N-dealkylation sites (N-methyl/N-ethyl adjacent to an activating group) is 1. The van der Waals surface area contributed by atoms with Crippen LogP contribution in [0.25, 0.3) is 0 Å². The van der Waals surface area contributed by atoms with Gasteiger partial charge in [-0.05, 0) is 13.8 Å². The highest BCUT2D eigenvalue weighted by molar-refractivity contribution is 5.77. The number of carbonyl (C=O) groups is 1. The number of carbonyl (C=O) groups excluding carboxylic acids is 1. The summed E-state index contributed by atoms with van der Waals surface area (Å²) in [6.07, 6.45) is 0. The van der Waals surface area contributed by atoms with Crippen molar-refractivity contribution in [2.24, 2.45) is 5.73 Å². The molecule has 0 saturated heterocycles. The highest BCUT2D eigenvalue weighted by Crippen LogP contribution is 2.01. The van der Waals surface area contributed by atoms with Crippen molar-refractivity contribution in [3.8, 4) is 0 Å². The molecule has 1 amide bonds. The molecule has 1 aromatic rings. The van der Waals surface area contributed by atoms with Gasteiger partial charge in [0.05, 0.1) is 7.05 Å². The van der Waals surface area contributed by atoms with E-state index in [0.29, 0.717) is 0 Å². The van der Waals surface area contributed by atoms with Crippen LogP contribution in [-0.4, -0.2) is 19.0 Å². The van der Waals surface area contributed by atoms with E-state index in [0.717, 1.165) is 11.4 Å². The maximum Gasteiger partial charge on any atom is 0.275 e. The van der Waals surface area contributed by atoms with Crippen molar-refractivity contribution in [3.63, 3.8) is 0 Å². The Kier molecular flexibility index (Phi) is 3.86. The van der Waals surface area contributed by atoms with Crippen molar-refractivity contribution < 1.29 is 9.69 Å². The Bertz CT molecular complexity index is 332. The quantitative estimate of drug-likeness (QED) is 0.710. The van der Waals surface area contributed by atoms with Gasteiger partial charge in [0.25, 0.3) is 5.91 Å². The Morgan fingerprint density at radius 3 is 2.40 bits per heavy atom. The predicted octanol–water partition coefficient (Wildman–Crippen LogP) is -0.116. The van der Waals surface area contributed by atoms with E-state index in [4.69, 9.17) is 5.73 Å². The Hall–Kier alpha value is -1.35. The number of hydrogen-bond donors (Lipinski definition) is 2. The molecule has 0 saturated carbocycles. The number of nitrogens with two attached hydrogens (primary N) is 1. The Balaban J connectivity index is 2.62. The lowest BCUT2D eigenvalue weighted by atomic mass is 10.1. The van der Waals surface area contributed by atoms with Gasteiger partial charge in [-0.25, -0.2) is 0 Å². The largest absolute Gasteiger partial charge is 0.365 e. The van der Waals surface area contributed by atoms with Crippen molar-refractivity contribution in [2.45, 2.75) is 26.4 Å². The van der Waals surface area contributed by atoms with E-state index in [9.17, 15) is 4.79 Å². The first-order valence-electron chi connectivity index (χ1n) is 5.18. The zero-order chi connectivity index (χ0) is 11.4. The summed E-state index contributed by atoms with van der Waals surface area (Å²) in [5.41, 5.74) is 7.73. The molecule has 2 atom stereocenters. The molecule has 0 aromatic heterocycles. The molecule has 0 bridgehead atoms.